The number of benzene rings is 10. The Kier molecular flexibility index (Phi) is 12.1. The van der Waals surface area contributed by atoms with Gasteiger partial charge in [-0.2, -0.15) is 0 Å². The Bertz CT molecular complexity index is 3730. The third-order valence-corrected chi connectivity index (χ3v) is 16.4. The zero-order valence-electron chi connectivity index (χ0n) is 40.5. The van der Waals surface area contributed by atoms with E-state index in [-0.39, 0.29) is 5.92 Å². The largest absolute Gasteiger partial charge is 0.457 e. The summed E-state index contributed by atoms with van der Waals surface area (Å²) in [7, 11) is 0. The predicted octanol–water partition coefficient (Wildman–Crippen LogP) is 18.5. The van der Waals surface area contributed by atoms with E-state index >= 15 is 0 Å². The molecule has 348 valence electrons. The molecule has 0 unspecified atom stereocenters. The first-order valence-corrected chi connectivity index (χ1v) is 26.1. The number of aryl methyl sites for hydroxylation is 4. The van der Waals surface area contributed by atoms with Crippen molar-refractivity contribution in [3.05, 3.63) is 263 Å². The summed E-state index contributed by atoms with van der Waals surface area (Å²) in [6.07, 6.45) is 1.07. The Hall–Kier alpha value is -8.03. The molecule has 0 amide bonds. The molecule has 14 rings (SSSR count). The van der Waals surface area contributed by atoms with E-state index in [1.807, 2.05) is 102 Å². The lowest BCUT2D eigenvalue weighted by atomic mass is 9.88. The van der Waals surface area contributed by atoms with Crippen molar-refractivity contribution in [3.63, 3.8) is 0 Å². The molecule has 0 spiro atoms. The van der Waals surface area contributed by atoms with Crippen LogP contribution >= 0.6 is 23.1 Å². The normalized spacial score (nSPS) is 12.4. The van der Waals surface area contributed by atoms with Gasteiger partial charge in [-0.15, -0.1) is 21.5 Å². The van der Waals surface area contributed by atoms with Gasteiger partial charge < -0.3 is 9.15 Å². The Morgan fingerprint density at radius 3 is 1.60 bits per heavy atom. The van der Waals surface area contributed by atoms with Gasteiger partial charge in [0.25, 0.3) is 0 Å². The van der Waals surface area contributed by atoms with Gasteiger partial charge >= 0.3 is 0 Å². The summed E-state index contributed by atoms with van der Waals surface area (Å²) in [6.45, 7) is 8.71. The monoisotopic (exact) mass is 966 g/mol. The van der Waals surface area contributed by atoms with Crippen molar-refractivity contribution < 1.29 is 9.15 Å². The molecule has 4 heterocycles. The first kappa shape index (κ1) is 45.1. The maximum Gasteiger partial charge on any atom is 0.247 e. The van der Waals surface area contributed by atoms with E-state index in [1.165, 1.54) is 96.4 Å². The standard InChI is InChI=1S/C26H20S.C21H14N2O2.C19H16S/c1-17-3-7-19(8-4-17)21-11-13-25-23(15-21)24-16-22(12-14-26(24)27-25)20-9-5-18(2)6-10-20;1-2-8-14(9-3-1)20-22-23-21(25-20)19-15-10-4-6-12-17(15)24-18-13-7-5-11-16(18)19;1-12-7-8-13(2)19-17(12)10-16-9-14-5-3-4-6-15(14)11-18(16)20-19/h3-16H,1-2H3;1-13,19H;3-9,11H,10H2,1-2H3. The van der Waals surface area contributed by atoms with Crippen molar-refractivity contribution in [2.75, 3.05) is 0 Å². The van der Waals surface area contributed by atoms with Gasteiger partial charge in [0.05, 0.1) is 5.92 Å². The zero-order chi connectivity index (χ0) is 48.7. The lowest BCUT2D eigenvalue weighted by Crippen LogP contribution is -2.11. The summed E-state index contributed by atoms with van der Waals surface area (Å²) >= 11 is 3.81. The van der Waals surface area contributed by atoms with E-state index in [4.69, 9.17) is 9.15 Å². The number of nitrogens with zero attached hydrogens (tertiary/aromatic N) is 2. The highest BCUT2D eigenvalue weighted by Crippen LogP contribution is 2.48. The van der Waals surface area contributed by atoms with Crippen molar-refractivity contribution in [2.24, 2.45) is 0 Å². The number of hydrogen-bond acceptors (Lipinski definition) is 6. The second kappa shape index (κ2) is 19.3. The SMILES string of the molecule is Cc1ccc(-c2ccc3sc4ccc(-c5ccc(C)cc5)cc4c3c2)cc1.Cc1ccc(C)c2c1Cc1cc3ccccc3cc1S2.c1ccc(-c2nnc(C3c4ccccc4Oc4ccccc43)o2)cc1. The van der Waals surface area contributed by atoms with Crippen molar-refractivity contribution >= 4 is 54.0 Å². The molecule has 2 aliphatic heterocycles. The summed E-state index contributed by atoms with van der Waals surface area (Å²) < 4.78 is 14.8. The minimum Gasteiger partial charge on any atom is -0.457 e. The number of para-hydroxylation sites is 2. The van der Waals surface area contributed by atoms with Crippen LogP contribution in [0.4, 0.5) is 0 Å². The van der Waals surface area contributed by atoms with Crippen molar-refractivity contribution in [2.45, 2.75) is 49.8 Å². The number of ether oxygens (including phenoxy) is 1. The third-order valence-electron chi connectivity index (χ3n) is 13.8. The smallest absolute Gasteiger partial charge is 0.247 e. The van der Waals surface area contributed by atoms with Crippen LogP contribution in [0.3, 0.4) is 0 Å². The van der Waals surface area contributed by atoms with E-state index in [0.717, 1.165) is 34.6 Å². The number of hydrogen-bond donors (Lipinski definition) is 0. The molecule has 72 heavy (non-hydrogen) atoms. The van der Waals surface area contributed by atoms with Gasteiger partial charge in [-0.3, -0.25) is 0 Å². The first-order chi connectivity index (χ1) is 35.3. The predicted molar refractivity (Wildman–Crippen MR) is 300 cm³/mol. The van der Waals surface area contributed by atoms with E-state index in [9.17, 15) is 0 Å². The van der Waals surface area contributed by atoms with Gasteiger partial charge in [-0.05, 0) is 150 Å². The van der Waals surface area contributed by atoms with Gasteiger partial charge in [-0.25, -0.2) is 0 Å². The second-order valence-electron chi connectivity index (χ2n) is 18.8. The molecule has 10 aromatic carbocycles. The van der Waals surface area contributed by atoms with Gasteiger partial charge in [0.2, 0.25) is 11.8 Å². The van der Waals surface area contributed by atoms with Gasteiger partial charge in [-0.1, -0.05) is 175 Å². The number of rotatable bonds is 4. The van der Waals surface area contributed by atoms with Gasteiger partial charge in [0.1, 0.15) is 11.5 Å². The quantitative estimate of drug-likeness (QED) is 0.176. The lowest BCUT2D eigenvalue weighted by Gasteiger charge is -2.25. The van der Waals surface area contributed by atoms with Crippen LogP contribution in [0, 0.1) is 27.7 Å². The van der Waals surface area contributed by atoms with E-state index < -0.39 is 0 Å². The molecule has 12 aromatic rings. The van der Waals surface area contributed by atoms with Gasteiger partial charge in [0.15, 0.2) is 0 Å². The van der Waals surface area contributed by atoms with Crippen LogP contribution in [0.1, 0.15) is 56.3 Å². The zero-order valence-corrected chi connectivity index (χ0v) is 42.2. The topological polar surface area (TPSA) is 48.2 Å². The van der Waals surface area contributed by atoms with Crippen molar-refractivity contribution in [1.29, 1.82) is 0 Å². The summed E-state index contributed by atoms with van der Waals surface area (Å²) in [4.78, 5) is 2.89. The lowest BCUT2D eigenvalue weighted by molar-refractivity contribution is 0.429. The van der Waals surface area contributed by atoms with Crippen LogP contribution in [0.15, 0.2) is 227 Å². The fourth-order valence-corrected chi connectivity index (χ4v) is 12.2. The highest BCUT2D eigenvalue weighted by molar-refractivity contribution is 7.99. The first-order valence-electron chi connectivity index (χ1n) is 24.4. The number of fused-ring (bicyclic) bond motifs is 8. The van der Waals surface area contributed by atoms with Crippen LogP contribution in [-0.4, -0.2) is 10.2 Å². The second-order valence-corrected chi connectivity index (χ2v) is 20.9. The minimum atomic E-state index is -0.133. The highest BCUT2D eigenvalue weighted by atomic mass is 32.2. The van der Waals surface area contributed by atoms with Crippen molar-refractivity contribution in [1.82, 2.24) is 10.2 Å². The molecule has 2 aliphatic rings. The molecule has 0 bridgehead atoms. The van der Waals surface area contributed by atoms with E-state index in [2.05, 4.69) is 171 Å². The molecular formula is C66H50N2O2S2. The molecule has 6 heteroatoms. The summed E-state index contributed by atoms with van der Waals surface area (Å²) in [5.74, 6) is 2.61. The Labute approximate surface area is 428 Å². The van der Waals surface area contributed by atoms with Crippen LogP contribution < -0.4 is 4.74 Å². The molecule has 0 saturated carbocycles. The number of aromatic nitrogens is 2. The molecule has 0 fully saturated rings. The summed E-state index contributed by atoms with van der Waals surface area (Å²) in [5, 5.41) is 14.0. The molecule has 0 N–H and O–H groups in total. The third kappa shape index (κ3) is 8.89. The average molecular weight is 967 g/mol. The average Bonchev–Trinajstić information content (AvgIpc) is 4.06. The van der Waals surface area contributed by atoms with Crippen LogP contribution in [-0.2, 0) is 6.42 Å². The van der Waals surface area contributed by atoms with E-state index in [0.29, 0.717) is 11.8 Å². The molecule has 4 nitrogen and oxygen atoms in total. The van der Waals surface area contributed by atoms with Crippen molar-refractivity contribution in [3.8, 4) is 45.2 Å². The highest BCUT2D eigenvalue weighted by Gasteiger charge is 2.32. The molecule has 2 aromatic heterocycles. The maximum atomic E-state index is 6.05. The summed E-state index contributed by atoms with van der Waals surface area (Å²) in [6, 6.07) is 74.9. The van der Waals surface area contributed by atoms with Crippen LogP contribution in [0.2, 0.25) is 0 Å². The Morgan fingerprint density at radius 1 is 0.458 bits per heavy atom. The Balaban J connectivity index is 0.000000112. The van der Waals surface area contributed by atoms with Gasteiger partial charge in [0, 0.05) is 46.7 Å². The molecule has 0 saturated heterocycles. The van der Waals surface area contributed by atoms with Crippen LogP contribution in [0.25, 0.3) is 64.7 Å². The summed E-state index contributed by atoms with van der Waals surface area (Å²) in [5.41, 5.74) is 16.5. The molecule has 0 atom stereocenters. The fourth-order valence-electron chi connectivity index (χ4n) is 9.86. The molecule has 0 radical (unpaired) electrons. The minimum absolute atomic E-state index is 0.133. The fraction of sp³-hybridized carbons (Fsp3) is 0.0909. The molecular weight excluding hydrogens is 917 g/mol. The maximum absolute atomic E-state index is 6.05. The number of thiophene rings is 1. The molecule has 0 aliphatic carbocycles. The Morgan fingerprint density at radius 2 is 0.986 bits per heavy atom. The van der Waals surface area contributed by atoms with Crippen LogP contribution in [0.5, 0.6) is 11.5 Å². The van der Waals surface area contributed by atoms with E-state index in [1.54, 1.807) is 0 Å².